The molecule has 1 aliphatic carbocycles. The van der Waals surface area contributed by atoms with Gasteiger partial charge in [0.05, 0.1) is 25.2 Å². The maximum absolute atomic E-state index is 15.4. The van der Waals surface area contributed by atoms with Crippen LogP contribution in [0.5, 0.6) is 0 Å². The number of fused-ring (bicyclic) bond motifs is 3. The van der Waals surface area contributed by atoms with Crippen LogP contribution in [0.3, 0.4) is 0 Å². The molecule has 214 valence electrons. The molecule has 0 aromatic heterocycles. The monoisotopic (exact) mass is 560 g/mol. The van der Waals surface area contributed by atoms with Crippen molar-refractivity contribution in [2.75, 3.05) is 19.8 Å². The Hall–Kier alpha value is -2.17. The van der Waals surface area contributed by atoms with Gasteiger partial charge in [0.1, 0.15) is 11.6 Å². The molecule has 0 atom stereocenters. The fourth-order valence-electron chi connectivity index (χ4n) is 6.46. The van der Waals surface area contributed by atoms with Gasteiger partial charge < -0.3 is 14.2 Å². The van der Waals surface area contributed by atoms with Crippen LogP contribution in [0.2, 0.25) is 0 Å². The van der Waals surface area contributed by atoms with E-state index in [1.165, 1.54) is 0 Å². The fraction of sp³-hybridized carbons (Fsp3) is 0.586. The lowest BCUT2D eigenvalue weighted by Gasteiger charge is -2.60. The van der Waals surface area contributed by atoms with Crippen LogP contribution >= 0.6 is 0 Å². The minimum atomic E-state index is -2.31. The van der Waals surface area contributed by atoms with Crippen molar-refractivity contribution < 1.29 is 44.9 Å². The predicted octanol–water partition coefficient (Wildman–Crippen LogP) is 7.75. The van der Waals surface area contributed by atoms with Crippen molar-refractivity contribution in [3.63, 3.8) is 0 Å². The average Bonchev–Trinajstić information content (AvgIpc) is 2.95. The summed E-state index contributed by atoms with van der Waals surface area (Å²) in [7, 11) is 0. The molecule has 3 aliphatic heterocycles. The first kappa shape index (κ1) is 28.4. The van der Waals surface area contributed by atoms with E-state index in [0.717, 1.165) is 38.2 Å². The molecule has 0 spiro atoms. The van der Waals surface area contributed by atoms with Crippen LogP contribution in [-0.4, -0.2) is 25.8 Å². The SMILES string of the molecule is CCCCCC12COC(C3(c4cc(F)cc(F)c4Cc4c(F)c(F)c(F)c(F)c4F)CCCCC3)(OC1)OC2. The first-order valence-electron chi connectivity index (χ1n) is 13.5. The molecule has 0 unspecified atom stereocenters. The number of unbranched alkanes of at least 4 members (excludes halogenated alkanes) is 2. The summed E-state index contributed by atoms with van der Waals surface area (Å²) in [5, 5.41) is 0. The molecule has 4 aliphatic rings. The van der Waals surface area contributed by atoms with Crippen molar-refractivity contribution in [2.24, 2.45) is 5.41 Å². The Morgan fingerprint density at radius 2 is 1.26 bits per heavy atom. The van der Waals surface area contributed by atoms with Gasteiger partial charge >= 0.3 is 0 Å². The molecule has 1 saturated carbocycles. The summed E-state index contributed by atoms with van der Waals surface area (Å²) in [5.74, 6) is -14.5. The summed E-state index contributed by atoms with van der Waals surface area (Å²) >= 11 is 0. The Morgan fingerprint density at radius 1 is 0.692 bits per heavy atom. The minimum absolute atomic E-state index is 0.0102. The number of halogens is 7. The Morgan fingerprint density at radius 3 is 1.82 bits per heavy atom. The van der Waals surface area contributed by atoms with Gasteiger partial charge in [-0.3, -0.25) is 0 Å². The normalized spacial score (nSPS) is 26.3. The molecule has 2 bridgehead atoms. The second-order valence-corrected chi connectivity index (χ2v) is 11.2. The lowest BCUT2D eigenvalue weighted by molar-refractivity contribution is -0.495. The molecule has 2 aromatic carbocycles. The highest BCUT2D eigenvalue weighted by molar-refractivity contribution is 5.42. The van der Waals surface area contributed by atoms with E-state index in [-0.39, 0.29) is 11.0 Å². The van der Waals surface area contributed by atoms with E-state index in [0.29, 0.717) is 51.6 Å². The average molecular weight is 561 g/mol. The minimum Gasteiger partial charge on any atom is -0.326 e. The van der Waals surface area contributed by atoms with Gasteiger partial charge in [-0.2, -0.15) is 0 Å². The molecular formula is C29H31F7O3. The maximum atomic E-state index is 15.4. The van der Waals surface area contributed by atoms with Gasteiger partial charge in [-0.25, -0.2) is 30.7 Å². The van der Waals surface area contributed by atoms with Gasteiger partial charge in [-0.1, -0.05) is 45.4 Å². The molecule has 6 rings (SSSR count). The topological polar surface area (TPSA) is 27.7 Å². The third-order valence-electron chi connectivity index (χ3n) is 8.64. The maximum Gasteiger partial charge on any atom is 0.293 e. The van der Waals surface area contributed by atoms with Gasteiger partial charge in [-0.05, 0) is 36.5 Å². The summed E-state index contributed by atoms with van der Waals surface area (Å²) in [6.07, 6.45) is 5.60. The van der Waals surface area contributed by atoms with E-state index < -0.39 is 69.7 Å². The number of ether oxygens (including phenoxy) is 3. The first-order chi connectivity index (χ1) is 18.6. The molecule has 4 fully saturated rings. The van der Waals surface area contributed by atoms with Crippen LogP contribution in [0.4, 0.5) is 30.7 Å². The summed E-state index contributed by atoms with van der Waals surface area (Å²) in [4.78, 5) is 0. The Bertz CT molecular complexity index is 1190. The van der Waals surface area contributed by atoms with E-state index in [1.807, 2.05) is 0 Å². The molecule has 0 amide bonds. The van der Waals surface area contributed by atoms with Crippen LogP contribution in [0.25, 0.3) is 0 Å². The Kier molecular flexibility index (Phi) is 7.76. The largest absolute Gasteiger partial charge is 0.326 e. The van der Waals surface area contributed by atoms with Crippen LogP contribution in [0, 0.1) is 46.1 Å². The van der Waals surface area contributed by atoms with E-state index in [4.69, 9.17) is 14.2 Å². The van der Waals surface area contributed by atoms with E-state index in [2.05, 4.69) is 6.92 Å². The van der Waals surface area contributed by atoms with E-state index >= 15 is 4.39 Å². The predicted molar refractivity (Wildman–Crippen MR) is 127 cm³/mol. The molecular weight excluding hydrogens is 529 g/mol. The van der Waals surface area contributed by atoms with Crippen molar-refractivity contribution in [1.29, 1.82) is 0 Å². The third-order valence-corrected chi connectivity index (χ3v) is 8.64. The molecule has 10 heteroatoms. The number of hydrogen-bond acceptors (Lipinski definition) is 3. The van der Waals surface area contributed by atoms with Gasteiger partial charge in [0.2, 0.25) is 5.82 Å². The molecule has 0 radical (unpaired) electrons. The molecule has 3 nitrogen and oxygen atoms in total. The summed E-state index contributed by atoms with van der Waals surface area (Å²) in [5.41, 5.74) is -3.23. The smallest absolute Gasteiger partial charge is 0.293 e. The lowest BCUT2D eigenvalue weighted by Crippen LogP contribution is -2.68. The van der Waals surface area contributed by atoms with Crippen molar-refractivity contribution in [3.8, 4) is 0 Å². The van der Waals surface area contributed by atoms with E-state index in [1.54, 1.807) is 0 Å². The number of hydrogen-bond donors (Lipinski definition) is 0. The van der Waals surface area contributed by atoms with Crippen LogP contribution in [0.1, 0.15) is 81.4 Å². The highest BCUT2D eigenvalue weighted by Crippen LogP contribution is 2.57. The first-order valence-corrected chi connectivity index (χ1v) is 13.5. The molecule has 3 heterocycles. The van der Waals surface area contributed by atoms with E-state index in [9.17, 15) is 26.3 Å². The van der Waals surface area contributed by atoms with Crippen molar-refractivity contribution in [3.05, 3.63) is 69.5 Å². The van der Waals surface area contributed by atoms with Crippen molar-refractivity contribution >= 4 is 0 Å². The van der Waals surface area contributed by atoms with Gasteiger partial charge in [-0.15, -0.1) is 0 Å². The molecule has 0 N–H and O–H groups in total. The summed E-state index contributed by atoms with van der Waals surface area (Å²) in [6, 6.07) is 1.57. The van der Waals surface area contributed by atoms with Crippen LogP contribution in [0.15, 0.2) is 12.1 Å². The summed E-state index contributed by atoms with van der Waals surface area (Å²) in [6.45, 7) is 3.03. The zero-order chi connectivity index (χ0) is 28.0. The zero-order valence-corrected chi connectivity index (χ0v) is 21.7. The molecule has 3 saturated heterocycles. The quantitative estimate of drug-likeness (QED) is 0.143. The highest BCUT2D eigenvalue weighted by atomic mass is 19.2. The van der Waals surface area contributed by atoms with Crippen molar-refractivity contribution in [2.45, 2.75) is 82.5 Å². The van der Waals surface area contributed by atoms with Gasteiger partial charge in [0, 0.05) is 23.5 Å². The fourth-order valence-corrected chi connectivity index (χ4v) is 6.46. The van der Waals surface area contributed by atoms with Crippen molar-refractivity contribution in [1.82, 2.24) is 0 Å². The van der Waals surface area contributed by atoms with Crippen LogP contribution in [-0.2, 0) is 26.0 Å². The van der Waals surface area contributed by atoms with Crippen LogP contribution < -0.4 is 0 Å². The van der Waals surface area contributed by atoms with Gasteiger partial charge in [0.25, 0.3) is 5.97 Å². The lowest BCUT2D eigenvalue weighted by atomic mass is 9.64. The highest BCUT2D eigenvalue weighted by Gasteiger charge is 2.64. The second kappa shape index (κ2) is 10.7. The second-order valence-electron chi connectivity index (χ2n) is 11.2. The number of benzene rings is 2. The Labute approximate surface area is 222 Å². The molecule has 2 aromatic rings. The number of rotatable bonds is 8. The Balaban J connectivity index is 1.59. The third kappa shape index (κ3) is 4.66. The zero-order valence-electron chi connectivity index (χ0n) is 21.7. The molecule has 39 heavy (non-hydrogen) atoms. The van der Waals surface area contributed by atoms with Gasteiger partial charge in [0.15, 0.2) is 23.3 Å². The standard InChI is InChI=1S/C29H31F7O3/c1-2-3-5-8-27-14-37-29(38-15-27,39-16-27)28(9-6-4-7-10-28)20-11-17(30)12-21(31)18(20)13-19-22(32)24(34)26(36)25(35)23(19)33/h11-12H,2-10,13-16H2,1H3. The summed E-state index contributed by atoms with van der Waals surface area (Å²) < 4.78 is 120.